The highest BCUT2D eigenvalue weighted by Crippen LogP contribution is 2.23. The number of piperazine rings is 1. The van der Waals surface area contributed by atoms with Crippen LogP contribution in [0.4, 0.5) is 0 Å². The molecule has 1 heterocycles. The summed E-state index contributed by atoms with van der Waals surface area (Å²) in [7, 11) is 0. The van der Waals surface area contributed by atoms with Crippen LogP contribution in [0.1, 0.15) is 73.1 Å². The molecule has 1 aliphatic heterocycles. The highest BCUT2D eigenvalue weighted by Gasteiger charge is 2.34. The molecule has 2 atom stereocenters. The summed E-state index contributed by atoms with van der Waals surface area (Å²) in [5, 5.41) is 3.76. The molecule has 0 spiro atoms. The first-order chi connectivity index (χ1) is 9.01. The van der Waals surface area contributed by atoms with Crippen molar-refractivity contribution in [2.75, 3.05) is 19.6 Å². The van der Waals surface area contributed by atoms with Crippen LogP contribution in [-0.2, 0) is 0 Å². The smallest absolute Gasteiger partial charge is 0.0278 e. The summed E-state index contributed by atoms with van der Waals surface area (Å²) in [5.41, 5.74) is 0.328. The van der Waals surface area contributed by atoms with Crippen molar-refractivity contribution in [3.8, 4) is 0 Å². The van der Waals surface area contributed by atoms with Crippen molar-refractivity contribution in [3.05, 3.63) is 0 Å². The molecule has 1 N–H and O–H groups in total. The zero-order valence-electron chi connectivity index (χ0n) is 14.0. The van der Waals surface area contributed by atoms with E-state index in [2.05, 4.69) is 44.8 Å². The molecule has 1 fully saturated rings. The van der Waals surface area contributed by atoms with E-state index in [-0.39, 0.29) is 0 Å². The summed E-state index contributed by atoms with van der Waals surface area (Å²) in [4.78, 5) is 2.73. The Hall–Kier alpha value is -0.0800. The van der Waals surface area contributed by atoms with E-state index in [4.69, 9.17) is 0 Å². The lowest BCUT2D eigenvalue weighted by atomic mass is 9.90. The van der Waals surface area contributed by atoms with Crippen molar-refractivity contribution in [3.63, 3.8) is 0 Å². The third-order valence-electron chi connectivity index (χ3n) is 4.93. The summed E-state index contributed by atoms with van der Waals surface area (Å²) in [5.74, 6) is 0.790. The Morgan fingerprint density at radius 3 is 2.47 bits per heavy atom. The van der Waals surface area contributed by atoms with Crippen LogP contribution in [0.25, 0.3) is 0 Å². The molecule has 1 rings (SSSR count). The molecule has 2 heteroatoms. The standard InChI is InChI=1S/C17H36N2/c1-6-8-9-10-11-12-19-13-16(15(3)7-2)18-14-17(19,4)5/h15-16,18H,6-14H2,1-5H3. The van der Waals surface area contributed by atoms with Crippen LogP contribution >= 0.6 is 0 Å². The first kappa shape index (κ1) is 17.0. The van der Waals surface area contributed by atoms with E-state index in [0.29, 0.717) is 11.6 Å². The lowest BCUT2D eigenvalue weighted by Crippen LogP contribution is -2.63. The molecule has 19 heavy (non-hydrogen) atoms. The van der Waals surface area contributed by atoms with Crippen LogP contribution < -0.4 is 5.32 Å². The molecule has 0 aromatic carbocycles. The van der Waals surface area contributed by atoms with Gasteiger partial charge in [0.15, 0.2) is 0 Å². The Morgan fingerprint density at radius 1 is 1.16 bits per heavy atom. The number of rotatable bonds is 8. The molecule has 0 aromatic heterocycles. The van der Waals surface area contributed by atoms with Gasteiger partial charge >= 0.3 is 0 Å². The van der Waals surface area contributed by atoms with Gasteiger partial charge < -0.3 is 5.32 Å². The molecule has 0 aromatic rings. The third kappa shape index (κ3) is 5.43. The fourth-order valence-electron chi connectivity index (χ4n) is 3.01. The van der Waals surface area contributed by atoms with Gasteiger partial charge in [-0.25, -0.2) is 0 Å². The summed E-state index contributed by atoms with van der Waals surface area (Å²) >= 11 is 0. The summed E-state index contributed by atoms with van der Waals surface area (Å²) in [6, 6.07) is 0.689. The summed E-state index contributed by atoms with van der Waals surface area (Å²) in [6.07, 6.45) is 8.22. The zero-order chi connectivity index (χ0) is 14.3. The van der Waals surface area contributed by atoms with Gasteiger partial charge in [-0.15, -0.1) is 0 Å². The molecule has 2 unspecified atom stereocenters. The van der Waals surface area contributed by atoms with Gasteiger partial charge in [0.2, 0.25) is 0 Å². The van der Waals surface area contributed by atoms with E-state index in [0.717, 1.165) is 12.5 Å². The Morgan fingerprint density at radius 2 is 1.84 bits per heavy atom. The number of hydrogen-bond acceptors (Lipinski definition) is 2. The maximum absolute atomic E-state index is 3.76. The molecule has 114 valence electrons. The van der Waals surface area contributed by atoms with Gasteiger partial charge in [0.25, 0.3) is 0 Å². The van der Waals surface area contributed by atoms with E-state index in [1.54, 1.807) is 0 Å². The van der Waals surface area contributed by atoms with Crippen LogP contribution in [0, 0.1) is 5.92 Å². The van der Waals surface area contributed by atoms with E-state index in [1.165, 1.54) is 51.6 Å². The van der Waals surface area contributed by atoms with Gasteiger partial charge in [0.05, 0.1) is 0 Å². The number of hydrogen-bond donors (Lipinski definition) is 1. The number of nitrogens with one attached hydrogen (secondary N) is 1. The Balaban J connectivity index is 2.38. The molecule has 1 saturated heterocycles. The Kier molecular flexibility index (Phi) is 7.38. The molecular weight excluding hydrogens is 232 g/mol. The molecule has 0 radical (unpaired) electrons. The zero-order valence-corrected chi connectivity index (χ0v) is 14.0. The van der Waals surface area contributed by atoms with Crippen LogP contribution in [0.15, 0.2) is 0 Å². The maximum atomic E-state index is 3.76. The third-order valence-corrected chi connectivity index (χ3v) is 4.93. The van der Waals surface area contributed by atoms with Gasteiger partial charge in [-0.1, -0.05) is 52.9 Å². The molecule has 0 amide bonds. The lowest BCUT2D eigenvalue weighted by Gasteiger charge is -2.47. The minimum atomic E-state index is 0.328. The summed E-state index contributed by atoms with van der Waals surface area (Å²) in [6.45, 7) is 15.4. The molecule has 0 bridgehead atoms. The van der Waals surface area contributed by atoms with Gasteiger partial charge in [0.1, 0.15) is 0 Å². The SMILES string of the molecule is CCCCCCCN1CC(C(C)CC)NCC1(C)C. The van der Waals surface area contributed by atoms with Crippen molar-refractivity contribution in [2.24, 2.45) is 5.92 Å². The summed E-state index contributed by atoms with van der Waals surface area (Å²) < 4.78 is 0. The lowest BCUT2D eigenvalue weighted by molar-refractivity contribution is 0.0503. The number of nitrogens with zero attached hydrogens (tertiary/aromatic N) is 1. The van der Waals surface area contributed by atoms with Gasteiger partial charge in [-0.05, 0) is 32.7 Å². The quantitative estimate of drug-likeness (QED) is 0.668. The van der Waals surface area contributed by atoms with Crippen molar-refractivity contribution in [1.29, 1.82) is 0 Å². The minimum absolute atomic E-state index is 0.328. The molecule has 0 aliphatic carbocycles. The molecule has 1 aliphatic rings. The molecular formula is C17H36N2. The fraction of sp³-hybridized carbons (Fsp3) is 1.00. The Labute approximate surface area is 121 Å². The van der Waals surface area contributed by atoms with Gasteiger partial charge in [-0.3, -0.25) is 4.90 Å². The van der Waals surface area contributed by atoms with E-state index in [1.807, 2.05) is 0 Å². The van der Waals surface area contributed by atoms with Gasteiger partial charge in [-0.2, -0.15) is 0 Å². The monoisotopic (exact) mass is 268 g/mol. The molecule has 2 nitrogen and oxygen atoms in total. The second kappa shape index (κ2) is 8.26. The second-order valence-electron chi connectivity index (χ2n) is 7.05. The minimum Gasteiger partial charge on any atom is -0.311 e. The number of unbranched alkanes of at least 4 members (excludes halogenated alkanes) is 4. The van der Waals surface area contributed by atoms with E-state index < -0.39 is 0 Å². The van der Waals surface area contributed by atoms with Gasteiger partial charge in [0, 0.05) is 24.7 Å². The average molecular weight is 268 g/mol. The van der Waals surface area contributed by atoms with Crippen LogP contribution in [0.3, 0.4) is 0 Å². The highest BCUT2D eigenvalue weighted by molar-refractivity contribution is 4.94. The first-order valence-corrected chi connectivity index (χ1v) is 8.49. The van der Waals surface area contributed by atoms with Crippen LogP contribution in [-0.4, -0.2) is 36.1 Å². The fourth-order valence-corrected chi connectivity index (χ4v) is 3.01. The largest absolute Gasteiger partial charge is 0.311 e. The molecule has 0 saturated carbocycles. The van der Waals surface area contributed by atoms with Crippen molar-refractivity contribution in [2.45, 2.75) is 84.7 Å². The van der Waals surface area contributed by atoms with Crippen molar-refractivity contribution < 1.29 is 0 Å². The normalized spacial score (nSPS) is 25.4. The average Bonchev–Trinajstić information content (AvgIpc) is 2.39. The topological polar surface area (TPSA) is 15.3 Å². The van der Waals surface area contributed by atoms with E-state index >= 15 is 0 Å². The van der Waals surface area contributed by atoms with Crippen LogP contribution in [0.5, 0.6) is 0 Å². The maximum Gasteiger partial charge on any atom is 0.0278 e. The second-order valence-corrected chi connectivity index (χ2v) is 7.05. The van der Waals surface area contributed by atoms with Crippen LogP contribution in [0.2, 0.25) is 0 Å². The van der Waals surface area contributed by atoms with E-state index in [9.17, 15) is 0 Å². The van der Waals surface area contributed by atoms with Crippen molar-refractivity contribution in [1.82, 2.24) is 10.2 Å². The predicted molar refractivity (Wildman–Crippen MR) is 85.7 cm³/mol. The van der Waals surface area contributed by atoms with Crippen molar-refractivity contribution >= 4 is 0 Å². The highest BCUT2D eigenvalue weighted by atomic mass is 15.3. The Bertz CT molecular complexity index is 237. The predicted octanol–water partition coefficient (Wildman–Crippen LogP) is 4.06. The first-order valence-electron chi connectivity index (χ1n) is 8.49.